The van der Waals surface area contributed by atoms with Crippen LogP contribution in [0.5, 0.6) is 0 Å². The van der Waals surface area contributed by atoms with E-state index >= 15 is 0 Å². The molecule has 0 spiro atoms. The molecule has 0 atom stereocenters. The molecule has 0 saturated heterocycles. The number of nitrogens with one attached hydrogen (secondary N) is 1. The number of benzene rings is 2. The van der Waals surface area contributed by atoms with E-state index < -0.39 is 11.3 Å². The zero-order valence-corrected chi connectivity index (χ0v) is 14.6. The molecular weight excluding hydrogens is 358 g/mol. The molecule has 2 aromatic carbocycles. The monoisotopic (exact) mass is 372 g/mol. The van der Waals surface area contributed by atoms with Crippen molar-refractivity contribution in [3.8, 4) is 0 Å². The first kappa shape index (κ1) is 15.7. The van der Waals surface area contributed by atoms with Gasteiger partial charge in [0, 0.05) is 9.89 Å². The molecule has 1 heterocycles. The normalized spacial score (nSPS) is 14.1. The van der Waals surface area contributed by atoms with Crippen LogP contribution in [-0.4, -0.2) is 17.8 Å². The first-order valence-electron chi connectivity index (χ1n) is 7.14. The van der Waals surface area contributed by atoms with Crippen molar-refractivity contribution < 1.29 is 9.59 Å². The third-order valence-electron chi connectivity index (χ3n) is 3.52. The summed E-state index contributed by atoms with van der Waals surface area (Å²) >= 11 is 3.41. The highest BCUT2D eigenvalue weighted by Gasteiger charge is 2.28. The van der Waals surface area contributed by atoms with Crippen LogP contribution in [0, 0.1) is 5.41 Å². The number of nitrogens with zero attached hydrogens (tertiary/aromatic N) is 2. The highest BCUT2D eigenvalue weighted by atomic mass is 79.9. The minimum Gasteiger partial charge on any atom is -0.294 e. The van der Waals surface area contributed by atoms with Crippen LogP contribution in [0.1, 0.15) is 31.1 Å². The molecule has 1 aliphatic heterocycles. The third kappa shape index (κ3) is 2.99. The first-order chi connectivity index (χ1) is 10.8. The van der Waals surface area contributed by atoms with Gasteiger partial charge < -0.3 is 0 Å². The first-order valence-corrected chi connectivity index (χ1v) is 7.93. The number of carbonyl (C=O) groups is 2. The summed E-state index contributed by atoms with van der Waals surface area (Å²) in [5.41, 5.74) is 0.382. The Balaban J connectivity index is 2.06. The summed E-state index contributed by atoms with van der Waals surface area (Å²) < 4.78 is 0.877. The van der Waals surface area contributed by atoms with Crippen molar-refractivity contribution in [3.05, 3.63) is 40.4 Å². The lowest BCUT2D eigenvalue weighted by Crippen LogP contribution is -2.45. The number of halogens is 1. The van der Waals surface area contributed by atoms with Crippen molar-refractivity contribution >= 4 is 50.2 Å². The summed E-state index contributed by atoms with van der Waals surface area (Å²) in [4.78, 5) is 28.8. The van der Waals surface area contributed by atoms with Crippen LogP contribution in [0.25, 0.3) is 10.8 Å². The summed E-state index contributed by atoms with van der Waals surface area (Å²) in [5.74, 6) is -0.598. The van der Waals surface area contributed by atoms with Gasteiger partial charge in [-0.1, -0.05) is 48.8 Å². The Labute approximate surface area is 142 Å². The van der Waals surface area contributed by atoms with Crippen molar-refractivity contribution in [1.82, 2.24) is 10.6 Å². The topological polar surface area (TPSA) is 72.6 Å². The fraction of sp³-hybridized carbons (Fsp3) is 0.235. The van der Waals surface area contributed by atoms with E-state index in [1.54, 1.807) is 26.8 Å². The van der Waals surface area contributed by atoms with Gasteiger partial charge in [0.05, 0.1) is 11.3 Å². The number of rotatable bonds is 0. The lowest BCUT2D eigenvalue weighted by Gasteiger charge is -2.20. The van der Waals surface area contributed by atoms with Crippen molar-refractivity contribution in [2.75, 3.05) is 0 Å². The maximum Gasteiger partial charge on any atom is 0.283 e. The van der Waals surface area contributed by atoms with Crippen LogP contribution >= 0.6 is 15.9 Å². The lowest BCUT2D eigenvalue weighted by molar-refractivity contribution is -0.127. The van der Waals surface area contributed by atoms with Gasteiger partial charge in [-0.05, 0) is 29.0 Å². The Morgan fingerprint density at radius 3 is 2.57 bits per heavy atom. The van der Waals surface area contributed by atoms with Crippen LogP contribution in [0.15, 0.2) is 39.8 Å². The van der Waals surface area contributed by atoms with Crippen LogP contribution < -0.4 is 10.6 Å². The molecule has 1 aliphatic rings. The molecular formula is C17H15BrN3O2. The summed E-state index contributed by atoms with van der Waals surface area (Å²) in [6, 6.07) is 9.37. The maximum atomic E-state index is 12.4. The van der Waals surface area contributed by atoms with Crippen LogP contribution in [0.3, 0.4) is 0 Å². The standard InChI is InChI=1S/C17H15BrN3O2/c1-17(2,3)15(23)21-16-19-12-7-5-9-4-6-10(18)8-11(9)13(12)14(22)20-16/h4-8H,1-3H3,(H,19,21,23). The fourth-order valence-electron chi connectivity index (χ4n) is 2.23. The molecule has 0 aromatic heterocycles. The van der Waals surface area contributed by atoms with E-state index in [1.807, 2.05) is 24.3 Å². The van der Waals surface area contributed by atoms with Gasteiger partial charge in [-0.2, -0.15) is 5.32 Å². The third-order valence-corrected chi connectivity index (χ3v) is 4.01. The van der Waals surface area contributed by atoms with Gasteiger partial charge in [-0.15, -0.1) is 0 Å². The van der Waals surface area contributed by atoms with E-state index in [1.165, 1.54) is 0 Å². The predicted molar refractivity (Wildman–Crippen MR) is 92.8 cm³/mol. The Hall–Kier alpha value is -2.21. The molecule has 6 heteroatoms. The molecule has 0 fully saturated rings. The van der Waals surface area contributed by atoms with Gasteiger partial charge >= 0.3 is 0 Å². The lowest BCUT2D eigenvalue weighted by atomic mass is 9.96. The van der Waals surface area contributed by atoms with Gasteiger partial charge in [-0.3, -0.25) is 14.9 Å². The number of hydrogen-bond acceptors (Lipinski definition) is 3. The van der Waals surface area contributed by atoms with E-state index in [0.717, 1.165) is 15.2 Å². The molecule has 1 N–H and O–H groups in total. The number of fused-ring (bicyclic) bond motifs is 3. The Morgan fingerprint density at radius 1 is 1.17 bits per heavy atom. The largest absolute Gasteiger partial charge is 0.294 e. The molecule has 0 bridgehead atoms. The highest BCUT2D eigenvalue weighted by Crippen LogP contribution is 2.32. The van der Waals surface area contributed by atoms with Crippen LogP contribution in [0.2, 0.25) is 0 Å². The second kappa shape index (κ2) is 5.45. The smallest absolute Gasteiger partial charge is 0.283 e. The summed E-state index contributed by atoms with van der Waals surface area (Å²) in [5, 5.41) is 8.25. The Bertz CT molecular complexity index is 866. The van der Waals surface area contributed by atoms with E-state index in [-0.39, 0.29) is 11.9 Å². The second-order valence-corrected chi connectivity index (χ2v) is 7.30. The molecule has 0 unspecified atom stereocenters. The van der Waals surface area contributed by atoms with Gasteiger partial charge in [0.1, 0.15) is 0 Å². The second-order valence-electron chi connectivity index (χ2n) is 6.38. The number of hydrogen-bond donors (Lipinski definition) is 1. The molecule has 23 heavy (non-hydrogen) atoms. The van der Waals surface area contributed by atoms with Gasteiger partial charge in [0.2, 0.25) is 11.9 Å². The molecule has 5 nitrogen and oxygen atoms in total. The average Bonchev–Trinajstić information content (AvgIpc) is 2.45. The number of carbonyl (C=O) groups excluding carboxylic acids is 2. The van der Waals surface area contributed by atoms with E-state index in [9.17, 15) is 9.59 Å². The van der Waals surface area contributed by atoms with E-state index in [2.05, 4.69) is 31.6 Å². The fourth-order valence-corrected chi connectivity index (χ4v) is 2.60. The molecule has 1 radical (unpaired) electrons. The van der Waals surface area contributed by atoms with Crippen molar-refractivity contribution in [3.63, 3.8) is 0 Å². The van der Waals surface area contributed by atoms with Crippen molar-refractivity contribution in [1.29, 1.82) is 0 Å². The van der Waals surface area contributed by atoms with Crippen molar-refractivity contribution in [2.24, 2.45) is 10.4 Å². The molecule has 117 valence electrons. The SMILES string of the molecule is CC(C)(C)C(=O)NC1=Nc2ccc3ccc(Br)cc3c2C(=O)[N]1. The highest BCUT2D eigenvalue weighted by molar-refractivity contribution is 9.10. The number of guanidine groups is 1. The zero-order chi connectivity index (χ0) is 16.8. The average molecular weight is 373 g/mol. The summed E-state index contributed by atoms with van der Waals surface area (Å²) in [7, 11) is 0. The molecule has 0 aliphatic carbocycles. The molecule has 2 aromatic rings. The minimum atomic E-state index is -0.588. The minimum absolute atomic E-state index is 0.0387. The van der Waals surface area contributed by atoms with Crippen LogP contribution in [0.4, 0.5) is 5.69 Å². The van der Waals surface area contributed by atoms with E-state index in [0.29, 0.717) is 11.3 Å². The number of amides is 2. The molecule has 2 amide bonds. The number of aliphatic imine (C=N–C) groups is 1. The Morgan fingerprint density at radius 2 is 1.87 bits per heavy atom. The zero-order valence-electron chi connectivity index (χ0n) is 13.0. The predicted octanol–water partition coefficient (Wildman–Crippen LogP) is 3.51. The van der Waals surface area contributed by atoms with Crippen molar-refractivity contribution in [2.45, 2.75) is 20.8 Å². The quantitative estimate of drug-likeness (QED) is 0.768. The van der Waals surface area contributed by atoms with Gasteiger partial charge in [0.15, 0.2) is 0 Å². The molecule has 3 rings (SSSR count). The van der Waals surface area contributed by atoms with Gasteiger partial charge in [-0.25, -0.2) is 4.99 Å². The maximum absolute atomic E-state index is 12.4. The van der Waals surface area contributed by atoms with E-state index in [4.69, 9.17) is 0 Å². The van der Waals surface area contributed by atoms with Crippen LogP contribution in [-0.2, 0) is 4.79 Å². The Kier molecular flexibility index (Phi) is 3.72. The van der Waals surface area contributed by atoms with Gasteiger partial charge in [0.25, 0.3) is 5.91 Å². The summed E-state index contributed by atoms with van der Waals surface area (Å²) in [6.07, 6.45) is 0. The summed E-state index contributed by atoms with van der Waals surface area (Å²) in [6.45, 7) is 5.35. The molecule has 0 saturated carbocycles.